The number of anilines is 1. The number of aryl methyl sites for hydroxylation is 2. The van der Waals surface area contributed by atoms with Gasteiger partial charge in [-0.1, -0.05) is 6.07 Å². The molecule has 1 aliphatic carbocycles. The van der Waals surface area contributed by atoms with Crippen LogP contribution in [0.15, 0.2) is 41.5 Å². The van der Waals surface area contributed by atoms with Crippen LogP contribution in [0.2, 0.25) is 0 Å². The van der Waals surface area contributed by atoms with E-state index in [9.17, 15) is 0 Å². The van der Waals surface area contributed by atoms with Crippen LogP contribution in [0.25, 0.3) is 0 Å². The molecule has 1 aromatic heterocycles. The second kappa shape index (κ2) is 9.75. The Balaban J connectivity index is 0.00000243. The maximum Gasteiger partial charge on any atom is 0.213 e. The van der Waals surface area contributed by atoms with Crippen LogP contribution >= 0.6 is 24.0 Å². The van der Waals surface area contributed by atoms with Crippen molar-refractivity contribution in [3.05, 3.63) is 53.2 Å². The SMILES string of the molecule is Cc1cc(C)cc(NC(N)=NCc2ccnc(OC3CCCC3)c2)c1.I. The van der Waals surface area contributed by atoms with Gasteiger partial charge in [-0.2, -0.15) is 0 Å². The molecule has 6 heteroatoms. The molecule has 5 nitrogen and oxygen atoms in total. The number of nitrogens with zero attached hydrogens (tertiary/aromatic N) is 2. The molecule has 3 N–H and O–H groups in total. The highest BCUT2D eigenvalue weighted by Gasteiger charge is 2.16. The first-order valence-electron chi connectivity index (χ1n) is 8.85. The summed E-state index contributed by atoms with van der Waals surface area (Å²) >= 11 is 0. The van der Waals surface area contributed by atoms with Crippen LogP contribution in [-0.4, -0.2) is 17.0 Å². The summed E-state index contributed by atoms with van der Waals surface area (Å²) in [5.41, 5.74) is 10.4. The van der Waals surface area contributed by atoms with E-state index in [0.717, 1.165) is 24.1 Å². The molecular weight excluding hydrogens is 439 g/mol. The Kier molecular flexibility index (Phi) is 7.68. The number of rotatable bonds is 5. The van der Waals surface area contributed by atoms with Crippen molar-refractivity contribution in [2.45, 2.75) is 52.2 Å². The highest BCUT2D eigenvalue weighted by Crippen LogP contribution is 2.23. The zero-order chi connectivity index (χ0) is 17.6. The molecule has 0 saturated heterocycles. The first-order chi connectivity index (χ1) is 12.1. The Hall–Kier alpha value is -1.83. The van der Waals surface area contributed by atoms with Gasteiger partial charge in [0.15, 0.2) is 5.96 Å². The van der Waals surface area contributed by atoms with E-state index in [1.807, 2.05) is 12.1 Å². The van der Waals surface area contributed by atoms with Crippen LogP contribution in [0.4, 0.5) is 5.69 Å². The molecule has 26 heavy (non-hydrogen) atoms. The summed E-state index contributed by atoms with van der Waals surface area (Å²) in [5.74, 6) is 1.08. The van der Waals surface area contributed by atoms with Crippen molar-refractivity contribution in [1.29, 1.82) is 0 Å². The fourth-order valence-corrected chi connectivity index (χ4v) is 3.20. The Morgan fingerprint density at radius 3 is 2.58 bits per heavy atom. The molecule has 0 radical (unpaired) electrons. The highest BCUT2D eigenvalue weighted by molar-refractivity contribution is 14.0. The third-order valence-corrected chi connectivity index (χ3v) is 4.31. The molecule has 0 amide bonds. The van der Waals surface area contributed by atoms with Gasteiger partial charge in [0.25, 0.3) is 0 Å². The van der Waals surface area contributed by atoms with Crippen LogP contribution in [0.5, 0.6) is 5.88 Å². The van der Waals surface area contributed by atoms with Crippen molar-refractivity contribution in [2.24, 2.45) is 10.7 Å². The van der Waals surface area contributed by atoms with Gasteiger partial charge >= 0.3 is 0 Å². The monoisotopic (exact) mass is 466 g/mol. The fraction of sp³-hybridized carbons (Fsp3) is 0.400. The van der Waals surface area contributed by atoms with E-state index in [0.29, 0.717) is 24.5 Å². The van der Waals surface area contributed by atoms with Crippen LogP contribution < -0.4 is 15.8 Å². The number of halogens is 1. The van der Waals surface area contributed by atoms with Crippen molar-refractivity contribution in [2.75, 3.05) is 5.32 Å². The van der Waals surface area contributed by atoms with E-state index in [-0.39, 0.29) is 24.0 Å². The number of aliphatic imine (C=N–C) groups is 1. The van der Waals surface area contributed by atoms with Gasteiger partial charge in [-0.05, 0) is 74.4 Å². The summed E-state index contributed by atoms with van der Waals surface area (Å²) in [6.45, 7) is 4.62. The normalized spacial score (nSPS) is 14.8. The van der Waals surface area contributed by atoms with E-state index >= 15 is 0 Å². The summed E-state index contributed by atoms with van der Waals surface area (Å²) in [6.07, 6.45) is 6.81. The van der Waals surface area contributed by atoms with E-state index in [2.05, 4.69) is 47.3 Å². The Bertz CT molecular complexity index is 737. The molecule has 3 rings (SSSR count). The van der Waals surface area contributed by atoms with Gasteiger partial charge in [0.05, 0.1) is 6.54 Å². The first-order valence-corrected chi connectivity index (χ1v) is 8.85. The van der Waals surface area contributed by atoms with Gasteiger partial charge in [0.2, 0.25) is 5.88 Å². The van der Waals surface area contributed by atoms with Crippen LogP contribution in [-0.2, 0) is 6.54 Å². The number of hydrogen-bond donors (Lipinski definition) is 2. The number of benzene rings is 1. The number of hydrogen-bond acceptors (Lipinski definition) is 3. The Morgan fingerprint density at radius 1 is 1.19 bits per heavy atom. The van der Waals surface area contributed by atoms with Gasteiger partial charge < -0.3 is 15.8 Å². The molecule has 0 unspecified atom stereocenters. The third-order valence-electron chi connectivity index (χ3n) is 4.31. The second-order valence-electron chi connectivity index (χ2n) is 6.73. The third kappa shape index (κ3) is 6.16. The number of pyridine rings is 1. The van der Waals surface area contributed by atoms with Crippen LogP contribution in [0, 0.1) is 13.8 Å². The molecule has 0 spiro atoms. The largest absolute Gasteiger partial charge is 0.474 e. The molecule has 0 atom stereocenters. The van der Waals surface area contributed by atoms with Crippen molar-refractivity contribution in [1.82, 2.24) is 4.98 Å². The number of nitrogens with two attached hydrogens (primary N) is 1. The summed E-state index contributed by atoms with van der Waals surface area (Å²) in [5, 5.41) is 3.15. The zero-order valence-corrected chi connectivity index (χ0v) is 17.7. The smallest absolute Gasteiger partial charge is 0.213 e. The predicted molar refractivity (Wildman–Crippen MR) is 117 cm³/mol. The Labute approximate surface area is 172 Å². The standard InChI is InChI=1S/C20H26N4O.HI/c1-14-9-15(2)11-17(10-14)24-20(21)23-13-16-7-8-22-19(12-16)25-18-5-3-4-6-18;/h7-12,18H,3-6,13H2,1-2H3,(H3,21,23,24);1H. The summed E-state index contributed by atoms with van der Waals surface area (Å²) < 4.78 is 5.94. The van der Waals surface area contributed by atoms with Crippen LogP contribution in [0.1, 0.15) is 42.4 Å². The van der Waals surface area contributed by atoms with Gasteiger partial charge in [-0.25, -0.2) is 9.98 Å². The van der Waals surface area contributed by atoms with Gasteiger partial charge in [0.1, 0.15) is 6.10 Å². The lowest BCUT2D eigenvalue weighted by atomic mass is 10.1. The average molecular weight is 466 g/mol. The zero-order valence-electron chi connectivity index (χ0n) is 15.4. The molecule has 0 bridgehead atoms. The molecular formula is C20H27IN4O. The lowest BCUT2D eigenvalue weighted by Gasteiger charge is -2.12. The minimum Gasteiger partial charge on any atom is -0.474 e. The van der Waals surface area contributed by atoms with E-state index in [4.69, 9.17) is 10.5 Å². The Morgan fingerprint density at radius 2 is 1.88 bits per heavy atom. The van der Waals surface area contributed by atoms with Crippen molar-refractivity contribution < 1.29 is 4.74 Å². The van der Waals surface area contributed by atoms with E-state index < -0.39 is 0 Å². The second-order valence-corrected chi connectivity index (χ2v) is 6.73. The summed E-state index contributed by atoms with van der Waals surface area (Å²) in [6, 6.07) is 10.1. The maximum absolute atomic E-state index is 6.02. The van der Waals surface area contributed by atoms with E-state index in [1.54, 1.807) is 6.20 Å². The van der Waals surface area contributed by atoms with Crippen molar-refractivity contribution in [3.8, 4) is 5.88 Å². The molecule has 1 aliphatic rings. The predicted octanol–water partition coefficient (Wildman–Crippen LogP) is 4.56. The molecule has 1 saturated carbocycles. The average Bonchev–Trinajstić information content (AvgIpc) is 3.05. The number of aromatic nitrogens is 1. The van der Waals surface area contributed by atoms with Crippen molar-refractivity contribution in [3.63, 3.8) is 0 Å². The van der Waals surface area contributed by atoms with Crippen molar-refractivity contribution >= 4 is 35.6 Å². The topological polar surface area (TPSA) is 72.5 Å². The minimum atomic E-state index is 0. The lowest BCUT2D eigenvalue weighted by Crippen LogP contribution is -2.22. The molecule has 140 valence electrons. The number of guanidine groups is 1. The van der Waals surface area contributed by atoms with Crippen LogP contribution in [0.3, 0.4) is 0 Å². The maximum atomic E-state index is 6.02. The number of nitrogens with one attached hydrogen (secondary N) is 1. The molecule has 2 aromatic rings. The summed E-state index contributed by atoms with van der Waals surface area (Å²) in [4.78, 5) is 8.72. The fourth-order valence-electron chi connectivity index (χ4n) is 3.20. The molecule has 1 fully saturated rings. The lowest BCUT2D eigenvalue weighted by molar-refractivity contribution is 0.201. The molecule has 1 heterocycles. The van der Waals surface area contributed by atoms with Gasteiger partial charge in [-0.3, -0.25) is 0 Å². The number of ether oxygens (including phenoxy) is 1. The molecule has 0 aliphatic heterocycles. The first kappa shape index (κ1) is 20.5. The quantitative estimate of drug-likeness (QED) is 0.385. The summed E-state index contributed by atoms with van der Waals surface area (Å²) in [7, 11) is 0. The molecule has 1 aromatic carbocycles. The van der Waals surface area contributed by atoms with Gasteiger partial charge in [-0.15, -0.1) is 24.0 Å². The van der Waals surface area contributed by atoms with Gasteiger partial charge in [0, 0.05) is 18.0 Å². The van der Waals surface area contributed by atoms with E-state index in [1.165, 1.54) is 24.0 Å². The minimum absolute atomic E-state index is 0. The highest BCUT2D eigenvalue weighted by atomic mass is 127.